The summed E-state index contributed by atoms with van der Waals surface area (Å²) in [5.41, 5.74) is 1.07. The molecular weight excluding hydrogens is 500 g/mol. The van der Waals surface area contributed by atoms with Gasteiger partial charge in [-0.25, -0.2) is 9.18 Å². The second-order valence-corrected chi connectivity index (χ2v) is 8.95. The zero-order valence-electron chi connectivity index (χ0n) is 18.4. The van der Waals surface area contributed by atoms with E-state index in [1.807, 2.05) is 51.9 Å². The van der Waals surface area contributed by atoms with Gasteiger partial charge >= 0.3 is 6.09 Å². The van der Waals surface area contributed by atoms with E-state index in [1.54, 1.807) is 11.0 Å². The molecule has 0 spiro atoms. The smallest absolute Gasteiger partial charge is 0.410 e. The number of nitrogens with zero attached hydrogens (tertiary/aromatic N) is 4. The van der Waals surface area contributed by atoms with Crippen molar-refractivity contribution in [3.8, 4) is 0 Å². The van der Waals surface area contributed by atoms with E-state index < -0.39 is 5.60 Å². The average Bonchev–Trinajstić information content (AvgIpc) is 3.02. The van der Waals surface area contributed by atoms with Crippen LogP contribution in [0.5, 0.6) is 0 Å². The topological polar surface area (TPSA) is 60.4 Å². The van der Waals surface area contributed by atoms with Gasteiger partial charge in [-0.1, -0.05) is 12.1 Å². The van der Waals surface area contributed by atoms with E-state index in [0.717, 1.165) is 11.5 Å². The predicted molar refractivity (Wildman–Crippen MR) is 127 cm³/mol. The standard InChI is InChI=1S/C21H32FN5O2.HI/c1-21(2,3)29-20(28)26-8-9-27-17(14-26)12-24-19(27)23-11-15-6-7-16(13-25(4)5)18(22)10-15;/h6-7,10,17H,8-9,11-14H2,1-5H3,(H,23,24);1H. The number of hydrogen-bond acceptors (Lipinski definition) is 6. The Bertz CT molecular complexity index is 781. The van der Waals surface area contributed by atoms with Gasteiger partial charge in [-0.15, -0.1) is 24.0 Å². The summed E-state index contributed by atoms with van der Waals surface area (Å²) in [7, 11) is 3.85. The molecule has 1 saturated heterocycles. The summed E-state index contributed by atoms with van der Waals surface area (Å²) in [5, 5.41) is 3.33. The third-order valence-electron chi connectivity index (χ3n) is 4.91. The van der Waals surface area contributed by atoms with Crippen LogP contribution in [0.25, 0.3) is 0 Å². The van der Waals surface area contributed by atoms with Gasteiger partial charge in [0.25, 0.3) is 0 Å². The number of benzene rings is 1. The molecule has 30 heavy (non-hydrogen) atoms. The molecule has 2 aliphatic rings. The molecule has 1 N–H and O–H groups in total. The van der Waals surface area contributed by atoms with Gasteiger partial charge < -0.3 is 24.8 Å². The molecule has 1 aromatic rings. The Kier molecular flexibility index (Phi) is 8.32. The van der Waals surface area contributed by atoms with Gasteiger partial charge in [0.2, 0.25) is 0 Å². The summed E-state index contributed by atoms with van der Waals surface area (Å²) >= 11 is 0. The van der Waals surface area contributed by atoms with Gasteiger partial charge in [0, 0.05) is 38.3 Å². The van der Waals surface area contributed by atoms with Crippen molar-refractivity contribution in [2.75, 3.05) is 40.3 Å². The first-order chi connectivity index (χ1) is 13.6. The second kappa shape index (κ2) is 10.1. The van der Waals surface area contributed by atoms with Crippen LogP contribution in [0.1, 0.15) is 31.9 Å². The lowest BCUT2D eigenvalue weighted by molar-refractivity contribution is 0.0137. The van der Waals surface area contributed by atoms with Crippen molar-refractivity contribution in [3.63, 3.8) is 0 Å². The number of nitrogens with one attached hydrogen (secondary N) is 1. The highest BCUT2D eigenvalue weighted by Crippen LogP contribution is 2.19. The van der Waals surface area contributed by atoms with Crippen molar-refractivity contribution in [2.45, 2.75) is 45.5 Å². The number of aliphatic imine (C=N–C) groups is 1. The molecule has 1 fully saturated rings. The van der Waals surface area contributed by atoms with Crippen molar-refractivity contribution in [2.24, 2.45) is 4.99 Å². The van der Waals surface area contributed by atoms with Gasteiger partial charge in [-0.2, -0.15) is 0 Å². The Labute approximate surface area is 195 Å². The van der Waals surface area contributed by atoms with Crippen LogP contribution in [0.4, 0.5) is 9.18 Å². The Balaban J connectivity index is 0.00000320. The summed E-state index contributed by atoms with van der Waals surface area (Å²) in [6.07, 6.45) is -0.271. The van der Waals surface area contributed by atoms with E-state index in [1.165, 1.54) is 0 Å². The van der Waals surface area contributed by atoms with Crippen LogP contribution in [0.3, 0.4) is 0 Å². The number of rotatable bonds is 4. The highest BCUT2D eigenvalue weighted by Gasteiger charge is 2.36. The van der Waals surface area contributed by atoms with Crippen LogP contribution in [0.15, 0.2) is 23.2 Å². The number of fused-ring (bicyclic) bond motifs is 1. The Morgan fingerprint density at radius 1 is 1.33 bits per heavy atom. The third kappa shape index (κ3) is 6.44. The number of hydrogen-bond donors (Lipinski definition) is 1. The zero-order chi connectivity index (χ0) is 21.2. The molecule has 1 aromatic carbocycles. The van der Waals surface area contributed by atoms with Crippen molar-refractivity contribution in [1.29, 1.82) is 0 Å². The van der Waals surface area contributed by atoms with Gasteiger partial charge in [-0.3, -0.25) is 4.99 Å². The van der Waals surface area contributed by atoms with Crippen molar-refractivity contribution in [3.05, 3.63) is 35.1 Å². The molecule has 1 atom stereocenters. The molecule has 2 heterocycles. The predicted octanol–water partition coefficient (Wildman–Crippen LogP) is 2.89. The van der Waals surface area contributed by atoms with Gasteiger partial charge in [-0.05, 0) is 46.5 Å². The molecule has 0 bridgehead atoms. The maximum absolute atomic E-state index is 14.3. The van der Waals surface area contributed by atoms with Crippen LogP contribution in [-0.4, -0.2) is 78.7 Å². The number of halogens is 2. The van der Waals surface area contributed by atoms with E-state index in [-0.39, 0.29) is 41.9 Å². The van der Waals surface area contributed by atoms with E-state index in [0.29, 0.717) is 44.8 Å². The molecule has 0 radical (unpaired) electrons. The highest BCUT2D eigenvalue weighted by atomic mass is 127. The number of ether oxygens (including phenoxy) is 1. The van der Waals surface area contributed by atoms with Gasteiger partial charge in [0.05, 0.1) is 12.6 Å². The molecule has 0 aliphatic carbocycles. The summed E-state index contributed by atoms with van der Waals surface area (Å²) in [5.74, 6) is 0.631. The molecule has 7 nitrogen and oxygen atoms in total. The normalized spacial score (nSPS) is 18.6. The Morgan fingerprint density at radius 2 is 2.07 bits per heavy atom. The Morgan fingerprint density at radius 3 is 2.70 bits per heavy atom. The molecule has 1 unspecified atom stereocenters. The van der Waals surface area contributed by atoms with Crippen molar-refractivity contribution >= 4 is 36.0 Å². The molecule has 168 valence electrons. The number of carbonyl (C=O) groups excluding carboxylic acids is 1. The minimum absolute atomic E-state index is 0. The first-order valence-corrected chi connectivity index (χ1v) is 10.1. The molecule has 3 rings (SSSR count). The van der Waals surface area contributed by atoms with E-state index in [4.69, 9.17) is 4.74 Å². The molecule has 0 saturated carbocycles. The second-order valence-electron chi connectivity index (χ2n) is 8.95. The zero-order valence-corrected chi connectivity index (χ0v) is 20.8. The van der Waals surface area contributed by atoms with E-state index in [2.05, 4.69) is 15.2 Å². The van der Waals surface area contributed by atoms with Crippen LogP contribution in [0, 0.1) is 5.82 Å². The summed E-state index contributed by atoms with van der Waals surface area (Å²) in [6.45, 7) is 9.24. The highest BCUT2D eigenvalue weighted by molar-refractivity contribution is 14.0. The first kappa shape index (κ1) is 24.6. The molecule has 1 amide bonds. The summed E-state index contributed by atoms with van der Waals surface area (Å²) < 4.78 is 19.8. The minimum Gasteiger partial charge on any atom is -0.444 e. The average molecular weight is 533 g/mol. The maximum atomic E-state index is 14.3. The molecular formula is C21H33FIN5O2. The van der Waals surface area contributed by atoms with E-state index >= 15 is 0 Å². The van der Waals surface area contributed by atoms with Crippen LogP contribution in [-0.2, 0) is 17.8 Å². The van der Waals surface area contributed by atoms with Crippen LogP contribution < -0.4 is 5.32 Å². The van der Waals surface area contributed by atoms with Crippen molar-refractivity contribution < 1.29 is 13.9 Å². The van der Waals surface area contributed by atoms with Gasteiger partial charge in [0.15, 0.2) is 5.96 Å². The monoisotopic (exact) mass is 533 g/mol. The number of carbonyl (C=O) groups is 1. The largest absolute Gasteiger partial charge is 0.444 e. The Hall–Kier alpha value is -1.62. The fraction of sp³-hybridized carbons (Fsp3) is 0.619. The number of guanidine groups is 1. The SMILES string of the molecule is CN(C)Cc1ccc(CNC2=NCC3CN(C(=O)OC(C)(C)C)CCN23)cc1F.I. The van der Waals surface area contributed by atoms with Crippen LogP contribution >= 0.6 is 24.0 Å². The fourth-order valence-electron chi connectivity index (χ4n) is 3.57. The maximum Gasteiger partial charge on any atom is 0.410 e. The van der Waals surface area contributed by atoms with E-state index in [9.17, 15) is 9.18 Å². The third-order valence-corrected chi connectivity index (χ3v) is 4.91. The quantitative estimate of drug-likeness (QED) is 0.604. The minimum atomic E-state index is -0.496. The molecule has 0 aromatic heterocycles. The lowest BCUT2D eigenvalue weighted by Gasteiger charge is -2.39. The lowest BCUT2D eigenvalue weighted by Crippen LogP contribution is -2.57. The fourth-order valence-corrected chi connectivity index (χ4v) is 3.57. The molecule has 9 heteroatoms. The number of piperazine rings is 1. The van der Waals surface area contributed by atoms with Crippen LogP contribution in [0.2, 0.25) is 0 Å². The first-order valence-electron chi connectivity index (χ1n) is 10.1. The molecule has 2 aliphatic heterocycles. The summed E-state index contributed by atoms with van der Waals surface area (Å²) in [4.78, 5) is 22.8. The van der Waals surface area contributed by atoms with Gasteiger partial charge in [0.1, 0.15) is 11.4 Å². The summed E-state index contributed by atoms with van der Waals surface area (Å²) in [6, 6.07) is 5.52. The number of amides is 1. The van der Waals surface area contributed by atoms with Crippen molar-refractivity contribution in [1.82, 2.24) is 20.0 Å². The lowest BCUT2D eigenvalue weighted by atomic mass is 10.1.